The fraction of sp³-hybridized carbons (Fsp3) is 0.111. The molecule has 0 saturated heterocycles. The second-order valence-electron chi connectivity index (χ2n) is 3.24. The Hall–Kier alpha value is -2.44. The number of hydrogen-bond donors (Lipinski definition) is 3. The highest BCUT2D eigenvalue weighted by molar-refractivity contribution is 6.03. The first-order valence-electron chi connectivity index (χ1n) is 4.38. The molecule has 0 fully saturated rings. The SMILES string of the molecule is N=C(N)C(C(=O)O)c1ccc2nonc2c1. The van der Waals surface area contributed by atoms with Gasteiger partial charge in [0.25, 0.3) is 0 Å². The van der Waals surface area contributed by atoms with E-state index in [1.807, 2.05) is 0 Å². The number of aromatic nitrogens is 2. The molecule has 16 heavy (non-hydrogen) atoms. The maximum Gasteiger partial charge on any atom is 0.318 e. The number of carboxylic acid groups (broad SMARTS) is 1. The van der Waals surface area contributed by atoms with Crippen LogP contribution in [0, 0.1) is 5.41 Å². The molecular formula is C9H8N4O3. The zero-order valence-electron chi connectivity index (χ0n) is 8.04. The number of amidine groups is 1. The summed E-state index contributed by atoms with van der Waals surface area (Å²) in [4.78, 5) is 10.9. The molecule has 4 N–H and O–H groups in total. The number of fused-ring (bicyclic) bond motifs is 1. The van der Waals surface area contributed by atoms with Crippen LogP contribution in [-0.4, -0.2) is 27.2 Å². The van der Waals surface area contributed by atoms with Gasteiger partial charge in [0.2, 0.25) is 0 Å². The highest BCUT2D eigenvalue weighted by Crippen LogP contribution is 2.20. The van der Waals surface area contributed by atoms with Crippen LogP contribution >= 0.6 is 0 Å². The molecule has 1 heterocycles. The molecule has 2 rings (SSSR count). The van der Waals surface area contributed by atoms with E-state index in [1.54, 1.807) is 6.07 Å². The number of nitrogens with two attached hydrogens (primary N) is 1. The van der Waals surface area contributed by atoms with Crippen LogP contribution in [0.15, 0.2) is 22.8 Å². The van der Waals surface area contributed by atoms with Crippen molar-refractivity contribution in [2.75, 3.05) is 0 Å². The Morgan fingerprint density at radius 1 is 1.44 bits per heavy atom. The Kier molecular flexibility index (Phi) is 2.28. The molecule has 82 valence electrons. The second-order valence-corrected chi connectivity index (χ2v) is 3.24. The summed E-state index contributed by atoms with van der Waals surface area (Å²) in [7, 11) is 0. The number of carboxylic acids is 1. The molecule has 0 bridgehead atoms. The molecule has 0 saturated carbocycles. The Balaban J connectivity index is 2.52. The first kappa shape index (κ1) is 10.1. The van der Waals surface area contributed by atoms with Crippen molar-refractivity contribution in [1.82, 2.24) is 10.3 Å². The molecule has 1 unspecified atom stereocenters. The van der Waals surface area contributed by atoms with Crippen molar-refractivity contribution in [2.24, 2.45) is 5.73 Å². The highest BCUT2D eigenvalue weighted by Gasteiger charge is 2.23. The predicted octanol–water partition coefficient (Wildman–Crippen LogP) is 0.327. The van der Waals surface area contributed by atoms with Crippen molar-refractivity contribution in [3.8, 4) is 0 Å². The number of nitrogens with one attached hydrogen (secondary N) is 1. The molecule has 0 amide bonds. The van der Waals surface area contributed by atoms with Gasteiger partial charge in [-0.05, 0) is 28.0 Å². The second kappa shape index (κ2) is 3.61. The number of benzene rings is 1. The minimum atomic E-state index is -1.18. The quantitative estimate of drug-likeness (QED) is 0.505. The number of aliphatic carboxylic acids is 1. The first-order chi connectivity index (χ1) is 7.59. The normalized spacial score (nSPS) is 12.5. The third kappa shape index (κ3) is 1.58. The van der Waals surface area contributed by atoms with E-state index < -0.39 is 17.7 Å². The van der Waals surface area contributed by atoms with Crippen LogP contribution in [0.3, 0.4) is 0 Å². The van der Waals surface area contributed by atoms with Gasteiger partial charge in [0, 0.05) is 0 Å². The van der Waals surface area contributed by atoms with Gasteiger partial charge in [-0.3, -0.25) is 10.2 Å². The molecule has 1 aromatic heterocycles. The van der Waals surface area contributed by atoms with E-state index in [9.17, 15) is 4.79 Å². The van der Waals surface area contributed by atoms with Gasteiger partial charge >= 0.3 is 5.97 Å². The van der Waals surface area contributed by atoms with Gasteiger partial charge in [0.05, 0.1) is 0 Å². The van der Waals surface area contributed by atoms with Gasteiger partial charge in [-0.25, -0.2) is 4.63 Å². The van der Waals surface area contributed by atoms with Gasteiger partial charge in [-0.2, -0.15) is 0 Å². The van der Waals surface area contributed by atoms with Gasteiger partial charge in [-0.1, -0.05) is 6.07 Å². The standard InChI is InChI=1S/C9H8N4O3/c10-8(11)7(9(14)15)4-1-2-5-6(3-4)13-16-12-5/h1-3,7H,(H3,10,11)(H,14,15). The zero-order valence-corrected chi connectivity index (χ0v) is 8.04. The van der Waals surface area contributed by atoms with E-state index in [2.05, 4.69) is 14.9 Å². The minimum absolute atomic E-state index is 0.378. The lowest BCUT2D eigenvalue weighted by Gasteiger charge is -2.09. The van der Waals surface area contributed by atoms with Crippen LogP contribution < -0.4 is 5.73 Å². The largest absolute Gasteiger partial charge is 0.480 e. The van der Waals surface area contributed by atoms with Crippen molar-refractivity contribution in [3.05, 3.63) is 23.8 Å². The molecule has 0 spiro atoms. The number of carbonyl (C=O) groups is 1. The number of hydrogen-bond acceptors (Lipinski definition) is 5. The molecule has 1 aromatic carbocycles. The third-order valence-electron chi connectivity index (χ3n) is 2.17. The van der Waals surface area contributed by atoms with Crippen molar-refractivity contribution in [3.63, 3.8) is 0 Å². The molecule has 0 aliphatic heterocycles. The fourth-order valence-electron chi connectivity index (χ4n) is 1.43. The Morgan fingerprint density at radius 3 is 2.75 bits per heavy atom. The van der Waals surface area contributed by atoms with Crippen molar-refractivity contribution in [2.45, 2.75) is 5.92 Å². The van der Waals surface area contributed by atoms with Crippen LogP contribution in [0.4, 0.5) is 0 Å². The summed E-state index contributed by atoms with van der Waals surface area (Å²) in [6, 6.07) is 4.60. The smallest absolute Gasteiger partial charge is 0.318 e. The summed E-state index contributed by atoms with van der Waals surface area (Å²) in [6.07, 6.45) is 0. The van der Waals surface area contributed by atoms with Crippen LogP contribution in [0.5, 0.6) is 0 Å². The summed E-state index contributed by atoms with van der Waals surface area (Å²) in [5.41, 5.74) is 6.57. The van der Waals surface area contributed by atoms with Crippen LogP contribution in [0.25, 0.3) is 11.0 Å². The lowest BCUT2D eigenvalue weighted by atomic mass is 9.98. The topological polar surface area (TPSA) is 126 Å². The number of rotatable bonds is 3. The lowest BCUT2D eigenvalue weighted by Crippen LogP contribution is -2.27. The van der Waals surface area contributed by atoms with E-state index in [0.29, 0.717) is 16.6 Å². The first-order valence-corrected chi connectivity index (χ1v) is 4.38. The fourth-order valence-corrected chi connectivity index (χ4v) is 1.43. The third-order valence-corrected chi connectivity index (χ3v) is 2.17. The van der Waals surface area contributed by atoms with Crippen LogP contribution in [0.2, 0.25) is 0 Å². The van der Waals surface area contributed by atoms with Crippen molar-refractivity contribution < 1.29 is 14.5 Å². The summed E-state index contributed by atoms with van der Waals surface area (Å²) >= 11 is 0. The van der Waals surface area contributed by atoms with E-state index in [-0.39, 0.29) is 0 Å². The Morgan fingerprint density at radius 2 is 2.12 bits per heavy atom. The summed E-state index contributed by atoms with van der Waals surface area (Å²) in [5.74, 6) is -2.77. The monoisotopic (exact) mass is 220 g/mol. The summed E-state index contributed by atoms with van der Waals surface area (Å²) in [5, 5.41) is 23.3. The van der Waals surface area contributed by atoms with Crippen LogP contribution in [0.1, 0.15) is 11.5 Å². The molecule has 0 radical (unpaired) electrons. The van der Waals surface area contributed by atoms with E-state index in [4.69, 9.17) is 16.2 Å². The zero-order chi connectivity index (χ0) is 11.7. The van der Waals surface area contributed by atoms with Crippen LogP contribution in [-0.2, 0) is 4.79 Å². The minimum Gasteiger partial charge on any atom is -0.480 e. The highest BCUT2D eigenvalue weighted by atomic mass is 16.6. The molecule has 0 aliphatic rings. The number of nitrogens with zero attached hydrogens (tertiary/aromatic N) is 2. The Labute approximate surface area is 89.3 Å². The maximum absolute atomic E-state index is 10.9. The van der Waals surface area contributed by atoms with E-state index in [1.165, 1.54) is 12.1 Å². The van der Waals surface area contributed by atoms with E-state index in [0.717, 1.165) is 0 Å². The average molecular weight is 220 g/mol. The predicted molar refractivity (Wildman–Crippen MR) is 54.1 cm³/mol. The van der Waals surface area contributed by atoms with Gasteiger partial charge in [0.1, 0.15) is 22.8 Å². The molecule has 0 aliphatic carbocycles. The summed E-state index contributed by atoms with van der Waals surface area (Å²) < 4.78 is 4.49. The van der Waals surface area contributed by atoms with Crippen molar-refractivity contribution >= 4 is 22.8 Å². The Bertz CT molecular complexity index is 549. The van der Waals surface area contributed by atoms with Crippen molar-refractivity contribution in [1.29, 1.82) is 5.41 Å². The van der Waals surface area contributed by atoms with Gasteiger partial charge < -0.3 is 10.8 Å². The molecule has 7 nitrogen and oxygen atoms in total. The lowest BCUT2D eigenvalue weighted by molar-refractivity contribution is -0.137. The van der Waals surface area contributed by atoms with Gasteiger partial charge in [-0.15, -0.1) is 0 Å². The molecule has 7 heteroatoms. The average Bonchev–Trinajstić information content (AvgIpc) is 2.63. The maximum atomic E-state index is 10.9. The molecular weight excluding hydrogens is 212 g/mol. The summed E-state index contributed by atoms with van der Waals surface area (Å²) in [6.45, 7) is 0. The molecule has 1 atom stereocenters. The van der Waals surface area contributed by atoms with E-state index >= 15 is 0 Å². The molecule has 2 aromatic rings. The van der Waals surface area contributed by atoms with Gasteiger partial charge in [0.15, 0.2) is 0 Å².